The van der Waals surface area contributed by atoms with Crippen LogP contribution in [0, 0.1) is 5.92 Å². The van der Waals surface area contributed by atoms with Gasteiger partial charge in [-0.1, -0.05) is 0 Å². The zero-order valence-corrected chi connectivity index (χ0v) is 13.7. The van der Waals surface area contributed by atoms with Crippen molar-refractivity contribution in [3.8, 4) is 0 Å². The second-order valence-corrected chi connectivity index (χ2v) is 6.96. The van der Waals surface area contributed by atoms with Crippen LogP contribution in [0.1, 0.15) is 37.4 Å². The lowest BCUT2D eigenvalue weighted by molar-refractivity contribution is -0.139. The predicted molar refractivity (Wildman–Crippen MR) is 82.2 cm³/mol. The third-order valence-electron chi connectivity index (χ3n) is 5.28. The molecule has 4 nitrogen and oxygen atoms in total. The summed E-state index contributed by atoms with van der Waals surface area (Å²) in [7, 11) is 0. The van der Waals surface area contributed by atoms with E-state index >= 15 is 0 Å². The molecule has 1 aromatic rings. The summed E-state index contributed by atoms with van der Waals surface area (Å²) in [6.07, 6.45) is -0.684. The average molecular weight is 344 g/mol. The number of hydrogen-bond donors (Lipinski definition) is 1. The minimum absolute atomic E-state index is 0.0170. The number of nitrogens with zero attached hydrogens (tertiary/aromatic N) is 2. The molecule has 3 rings (SSSR count). The summed E-state index contributed by atoms with van der Waals surface area (Å²) in [5.41, 5.74) is -1.47. The van der Waals surface area contributed by atoms with Crippen LogP contribution >= 0.6 is 0 Å². The highest BCUT2D eigenvalue weighted by Gasteiger charge is 2.44. The van der Waals surface area contributed by atoms with Crippen molar-refractivity contribution < 1.29 is 23.0 Å². The molecule has 0 unspecified atom stereocenters. The van der Waals surface area contributed by atoms with Gasteiger partial charge in [0.25, 0.3) is 0 Å². The van der Waals surface area contributed by atoms with E-state index in [2.05, 4.69) is 4.98 Å². The van der Waals surface area contributed by atoms with E-state index in [1.54, 1.807) is 6.92 Å². The van der Waals surface area contributed by atoms with Gasteiger partial charge in [0.2, 0.25) is 0 Å². The van der Waals surface area contributed by atoms with Gasteiger partial charge in [-0.15, -0.1) is 0 Å². The number of pyridine rings is 1. The Morgan fingerprint density at radius 1 is 1.46 bits per heavy atom. The standard InChI is InChI=1S/C17H23F3N2O2/c1-16(23)6-9-24-11-13(16)15-5-3-8-22(15)10-14-12(17(18,19)20)4-2-7-21-14/h2,4,7,13,15,23H,3,5-6,8-11H2,1H3/t13-,15-,16+/m1/s1. The molecular weight excluding hydrogens is 321 g/mol. The Morgan fingerprint density at radius 2 is 2.25 bits per heavy atom. The van der Waals surface area contributed by atoms with Crippen LogP contribution in [0.4, 0.5) is 13.2 Å². The van der Waals surface area contributed by atoms with Crippen LogP contribution in [-0.4, -0.2) is 46.4 Å². The van der Waals surface area contributed by atoms with Gasteiger partial charge in [-0.3, -0.25) is 9.88 Å². The van der Waals surface area contributed by atoms with Crippen molar-refractivity contribution in [2.75, 3.05) is 19.8 Å². The second-order valence-electron chi connectivity index (χ2n) is 6.96. The van der Waals surface area contributed by atoms with Gasteiger partial charge in [0, 0.05) is 31.3 Å². The Balaban J connectivity index is 1.80. The SMILES string of the molecule is C[C@]1(O)CCOC[C@@H]1[C@H]1CCCN1Cc1ncccc1C(F)(F)F. The van der Waals surface area contributed by atoms with Crippen LogP contribution in [0.2, 0.25) is 0 Å². The van der Waals surface area contributed by atoms with E-state index in [1.807, 2.05) is 4.90 Å². The predicted octanol–water partition coefficient (Wildman–Crippen LogP) is 2.85. The Morgan fingerprint density at radius 3 is 2.96 bits per heavy atom. The lowest BCUT2D eigenvalue weighted by atomic mass is 9.79. The van der Waals surface area contributed by atoms with Crippen molar-refractivity contribution in [3.63, 3.8) is 0 Å². The van der Waals surface area contributed by atoms with Crippen molar-refractivity contribution >= 4 is 0 Å². The molecule has 0 amide bonds. The maximum Gasteiger partial charge on any atom is 0.418 e. The van der Waals surface area contributed by atoms with E-state index in [1.165, 1.54) is 12.3 Å². The van der Waals surface area contributed by atoms with E-state index in [4.69, 9.17) is 4.74 Å². The number of alkyl halides is 3. The minimum atomic E-state index is -4.40. The van der Waals surface area contributed by atoms with Gasteiger partial charge in [-0.25, -0.2) is 0 Å². The normalized spacial score (nSPS) is 32.2. The van der Waals surface area contributed by atoms with Gasteiger partial charge >= 0.3 is 6.18 Å². The largest absolute Gasteiger partial charge is 0.418 e. The molecule has 134 valence electrons. The molecule has 2 fully saturated rings. The first-order valence-electron chi connectivity index (χ1n) is 8.34. The first-order chi connectivity index (χ1) is 11.3. The van der Waals surface area contributed by atoms with Crippen molar-refractivity contribution in [1.29, 1.82) is 0 Å². The number of rotatable bonds is 3. The molecule has 0 aliphatic carbocycles. The Hall–Kier alpha value is -1.18. The van der Waals surface area contributed by atoms with Crippen LogP contribution < -0.4 is 0 Å². The molecule has 24 heavy (non-hydrogen) atoms. The Bertz CT molecular complexity index is 577. The maximum atomic E-state index is 13.2. The molecule has 0 bridgehead atoms. The number of ether oxygens (including phenoxy) is 1. The molecule has 3 atom stereocenters. The lowest BCUT2D eigenvalue weighted by Gasteiger charge is -2.43. The summed E-state index contributed by atoms with van der Waals surface area (Å²) in [4.78, 5) is 5.99. The number of aromatic nitrogens is 1. The van der Waals surface area contributed by atoms with Crippen LogP contribution in [0.5, 0.6) is 0 Å². The first kappa shape index (κ1) is 17.6. The highest BCUT2D eigenvalue weighted by atomic mass is 19.4. The topological polar surface area (TPSA) is 45.6 Å². The van der Waals surface area contributed by atoms with E-state index < -0.39 is 17.3 Å². The van der Waals surface area contributed by atoms with Gasteiger partial charge in [0.1, 0.15) is 0 Å². The summed E-state index contributed by atoms with van der Waals surface area (Å²) in [5.74, 6) is -0.0909. The third-order valence-corrected chi connectivity index (χ3v) is 5.28. The van der Waals surface area contributed by atoms with Gasteiger partial charge in [0.05, 0.1) is 23.5 Å². The zero-order valence-electron chi connectivity index (χ0n) is 13.7. The second kappa shape index (κ2) is 6.61. The molecule has 2 saturated heterocycles. The molecule has 7 heteroatoms. The van der Waals surface area contributed by atoms with Gasteiger partial charge in [-0.05, 0) is 44.9 Å². The minimum Gasteiger partial charge on any atom is -0.390 e. The highest BCUT2D eigenvalue weighted by Crippen LogP contribution is 2.37. The molecule has 1 aromatic heterocycles. The molecule has 3 heterocycles. The number of aliphatic hydroxyl groups is 1. The summed E-state index contributed by atoms with van der Waals surface area (Å²) >= 11 is 0. The maximum absolute atomic E-state index is 13.2. The average Bonchev–Trinajstić information content (AvgIpc) is 2.94. The molecular formula is C17H23F3N2O2. The van der Waals surface area contributed by atoms with Crippen LogP contribution in [0.3, 0.4) is 0 Å². The van der Waals surface area contributed by atoms with Crippen LogP contribution in [0.25, 0.3) is 0 Å². The Labute approximate surface area is 139 Å². The molecule has 0 saturated carbocycles. The number of hydrogen-bond acceptors (Lipinski definition) is 4. The molecule has 0 spiro atoms. The van der Waals surface area contributed by atoms with Gasteiger partial charge in [-0.2, -0.15) is 13.2 Å². The summed E-state index contributed by atoms with van der Waals surface area (Å²) < 4.78 is 45.1. The summed E-state index contributed by atoms with van der Waals surface area (Å²) in [5, 5.41) is 10.7. The molecule has 0 aromatic carbocycles. The monoisotopic (exact) mass is 344 g/mol. The van der Waals surface area contributed by atoms with Gasteiger partial charge in [0.15, 0.2) is 0 Å². The van der Waals surface area contributed by atoms with Crippen molar-refractivity contribution in [2.45, 2.75) is 50.6 Å². The third kappa shape index (κ3) is 3.58. The van der Waals surface area contributed by atoms with Crippen molar-refractivity contribution in [1.82, 2.24) is 9.88 Å². The lowest BCUT2D eigenvalue weighted by Crippen LogP contribution is -2.52. The van der Waals surface area contributed by atoms with Crippen molar-refractivity contribution in [2.24, 2.45) is 5.92 Å². The van der Waals surface area contributed by atoms with Gasteiger partial charge < -0.3 is 9.84 Å². The van der Waals surface area contributed by atoms with Crippen molar-refractivity contribution in [3.05, 3.63) is 29.6 Å². The van der Waals surface area contributed by atoms with E-state index in [0.29, 0.717) is 26.2 Å². The fourth-order valence-corrected chi connectivity index (χ4v) is 3.90. The smallest absolute Gasteiger partial charge is 0.390 e. The molecule has 2 aliphatic heterocycles. The summed E-state index contributed by atoms with van der Waals surface area (Å²) in [6.45, 7) is 3.63. The summed E-state index contributed by atoms with van der Waals surface area (Å²) in [6, 6.07) is 2.41. The first-order valence-corrected chi connectivity index (χ1v) is 8.34. The molecule has 2 aliphatic rings. The van der Waals surface area contributed by atoms with E-state index in [0.717, 1.165) is 18.9 Å². The molecule has 1 N–H and O–H groups in total. The fraction of sp³-hybridized carbons (Fsp3) is 0.706. The van der Waals surface area contributed by atoms with E-state index in [9.17, 15) is 18.3 Å². The van der Waals surface area contributed by atoms with Crippen LogP contribution in [-0.2, 0) is 17.5 Å². The number of likely N-dealkylation sites (tertiary alicyclic amines) is 1. The van der Waals surface area contributed by atoms with Crippen LogP contribution in [0.15, 0.2) is 18.3 Å². The highest BCUT2D eigenvalue weighted by molar-refractivity contribution is 5.23. The molecule has 0 radical (unpaired) electrons. The number of halogens is 3. The van der Waals surface area contributed by atoms with E-state index in [-0.39, 0.29) is 24.2 Å². The Kier molecular flexibility index (Phi) is 4.86. The fourth-order valence-electron chi connectivity index (χ4n) is 3.90. The quantitative estimate of drug-likeness (QED) is 0.916. The zero-order chi connectivity index (χ0) is 17.4.